The van der Waals surface area contributed by atoms with E-state index in [9.17, 15) is 14.9 Å². The van der Waals surface area contributed by atoms with Crippen molar-refractivity contribution in [2.24, 2.45) is 0 Å². The van der Waals surface area contributed by atoms with Gasteiger partial charge in [0.05, 0.1) is 17.1 Å². The molecule has 164 valence electrons. The van der Waals surface area contributed by atoms with Crippen LogP contribution in [0.3, 0.4) is 0 Å². The van der Waals surface area contributed by atoms with Crippen LogP contribution in [0.25, 0.3) is 0 Å². The molecule has 0 aliphatic carbocycles. The van der Waals surface area contributed by atoms with E-state index in [-0.39, 0.29) is 17.2 Å². The highest BCUT2D eigenvalue weighted by Crippen LogP contribution is 2.24. The number of amides is 1. The summed E-state index contributed by atoms with van der Waals surface area (Å²) >= 11 is 0. The molecule has 0 bridgehead atoms. The smallest absolute Gasteiger partial charge is 0.270 e. The Bertz CT molecular complexity index is 605. The van der Waals surface area contributed by atoms with E-state index >= 15 is 0 Å². The number of nitro groups is 1. The number of nitrogens with one attached hydrogen (secondary N) is 1. The summed E-state index contributed by atoms with van der Waals surface area (Å²) in [5.41, 5.74) is 0.151. The molecule has 0 unspecified atom stereocenters. The molecule has 1 aromatic carbocycles. The summed E-state index contributed by atoms with van der Waals surface area (Å²) in [6.07, 6.45) is 13.8. The lowest BCUT2D eigenvalue weighted by atomic mass is 10.1. The van der Waals surface area contributed by atoms with E-state index in [1.54, 1.807) is 0 Å². The molecule has 0 heterocycles. The van der Waals surface area contributed by atoms with Crippen LogP contribution in [0.1, 0.15) is 101 Å². The number of hydrogen-bond donors (Lipinski definition) is 1. The van der Waals surface area contributed by atoms with E-state index < -0.39 is 4.92 Å². The van der Waals surface area contributed by atoms with Crippen LogP contribution < -0.4 is 10.1 Å². The van der Waals surface area contributed by atoms with Gasteiger partial charge in [-0.2, -0.15) is 0 Å². The summed E-state index contributed by atoms with van der Waals surface area (Å²) in [6.45, 7) is 5.47. The second-order valence-corrected chi connectivity index (χ2v) is 7.58. The molecule has 1 rings (SSSR count). The van der Waals surface area contributed by atoms with Crippen molar-refractivity contribution in [3.63, 3.8) is 0 Å². The number of non-ortho nitro benzene ring substituents is 1. The van der Waals surface area contributed by atoms with Gasteiger partial charge in [0.25, 0.3) is 11.6 Å². The van der Waals surface area contributed by atoms with Gasteiger partial charge in [0.1, 0.15) is 5.75 Å². The van der Waals surface area contributed by atoms with E-state index in [2.05, 4.69) is 19.2 Å². The molecule has 0 aliphatic heterocycles. The third kappa shape index (κ3) is 10.9. The molecule has 29 heavy (non-hydrogen) atoms. The van der Waals surface area contributed by atoms with Crippen LogP contribution in [-0.2, 0) is 0 Å². The van der Waals surface area contributed by atoms with Crippen molar-refractivity contribution < 1.29 is 14.5 Å². The van der Waals surface area contributed by atoms with Gasteiger partial charge in [-0.05, 0) is 18.9 Å². The van der Waals surface area contributed by atoms with E-state index in [4.69, 9.17) is 4.74 Å². The second kappa shape index (κ2) is 15.8. The van der Waals surface area contributed by atoms with Crippen molar-refractivity contribution in [1.82, 2.24) is 5.32 Å². The van der Waals surface area contributed by atoms with Gasteiger partial charge >= 0.3 is 0 Å². The standard InChI is InChI=1S/C23H38N2O4/c1-3-5-7-9-11-13-17-24-23(26)21-19-20(25(27)28)15-16-22(21)29-18-14-12-10-8-6-4-2/h15-16,19H,3-14,17-18H2,1-2H3,(H,24,26). The molecular formula is C23H38N2O4. The molecule has 1 N–H and O–H groups in total. The maximum absolute atomic E-state index is 12.6. The highest BCUT2D eigenvalue weighted by atomic mass is 16.6. The van der Waals surface area contributed by atoms with Gasteiger partial charge in [0, 0.05) is 18.7 Å². The Labute approximate surface area is 175 Å². The van der Waals surface area contributed by atoms with Crippen molar-refractivity contribution in [3.05, 3.63) is 33.9 Å². The van der Waals surface area contributed by atoms with Gasteiger partial charge in [-0.25, -0.2) is 0 Å². The lowest BCUT2D eigenvalue weighted by Crippen LogP contribution is -2.25. The topological polar surface area (TPSA) is 81.5 Å². The highest BCUT2D eigenvalue weighted by Gasteiger charge is 2.17. The number of hydrogen-bond acceptors (Lipinski definition) is 4. The molecular weight excluding hydrogens is 368 g/mol. The Balaban J connectivity index is 2.52. The molecule has 0 saturated heterocycles. The number of rotatable bonds is 17. The lowest BCUT2D eigenvalue weighted by Gasteiger charge is -2.12. The molecule has 0 spiro atoms. The van der Waals surface area contributed by atoms with Crippen molar-refractivity contribution >= 4 is 11.6 Å². The first-order valence-corrected chi connectivity index (χ1v) is 11.3. The second-order valence-electron chi connectivity index (χ2n) is 7.58. The van der Waals surface area contributed by atoms with Crippen LogP contribution >= 0.6 is 0 Å². The van der Waals surface area contributed by atoms with Gasteiger partial charge in [-0.1, -0.05) is 78.1 Å². The van der Waals surface area contributed by atoms with Crippen molar-refractivity contribution in [3.8, 4) is 5.75 Å². The largest absolute Gasteiger partial charge is 0.493 e. The van der Waals surface area contributed by atoms with E-state index in [1.165, 1.54) is 69.6 Å². The Morgan fingerprint density at radius 2 is 1.52 bits per heavy atom. The van der Waals surface area contributed by atoms with Gasteiger partial charge in [-0.3, -0.25) is 14.9 Å². The molecule has 6 heteroatoms. The molecule has 6 nitrogen and oxygen atoms in total. The molecule has 0 radical (unpaired) electrons. The van der Waals surface area contributed by atoms with Gasteiger partial charge in [0.2, 0.25) is 0 Å². The first-order chi connectivity index (χ1) is 14.1. The van der Waals surface area contributed by atoms with E-state index in [1.807, 2.05) is 0 Å². The average molecular weight is 407 g/mol. The van der Waals surface area contributed by atoms with Gasteiger partial charge in [-0.15, -0.1) is 0 Å². The monoisotopic (exact) mass is 406 g/mol. The summed E-state index contributed by atoms with van der Waals surface area (Å²) < 4.78 is 5.79. The van der Waals surface area contributed by atoms with Gasteiger partial charge < -0.3 is 10.1 Å². The fraction of sp³-hybridized carbons (Fsp3) is 0.696. The zero-order valence-corrected chi connectivity index (χ0v) is 18.2. The molecule has 0 aliphatic rings. The summed E-state index contributed by atoms with van der Waals surface area (Å²) in [6, 6.07) is 4.24. The lowest BCUT2D eigenvalue weighted by molar-refractivity contribution is -0.384. The van der Waals surface area contributed by atoms with Crippen LogP contribution in [0.5, 0.6) is 5.75 Å². The summed E-state index contributed by atoms with van der Waals surface area (Å²) in [5.74, 6) is 0.116. The third-order valence-electron chi connectivity index (χ3n) is 4.99. The quantitative estimate of drug-likeness (QED) is 0.184. The predicted molar refractivity (Wildman–Crippen MR) is 118 cm³/mol. The number of ether oxygens (including phenoxy) is 1. The normalized spacial score (nSPS) is 10.7. The van der Waals surface area contributed by atoms with Crippen LogP contribution in [-0.4, -0.2) is 24.0 Å². The molecule has 1 aromatic rings. The first-order valence-electron chi connectivity index (χ1n) is 11.3. The molecule has 1 amide bonds. The van der Waals surface area contributed by atoms with Crippen molar-refractivity contribution in [1.29, 1.82) is 0 Å². The minimum absolute atomic E-state index is 0.0957. The van der Waals surface area contributed by atoms with Crippen LogP contribution in [0, 0.1) is 10.1 Å². The fourth-order valence-corrected chi connectivity index (χ4v) is 3.20. The number of carbonyl (C=O) groups is 1. The third-order valence-corrected chi connectivity index (χ3v) is 4.99. The number of nitrogens with zero attached hydrogens (tertiary/aromatic N) is 1. The SMILES string of the molecule is CCCCCCCCNC(=O)c1cc([N+](=O)[O-])ccc1OCCCCCCCC. The van der Waals surface area contributed by atoms with E-state index in [0.717, 1.165) is 25.7 Å². The number of carbonyl (C=O) groups excluding carboxylic acids is 1. The summed E-state index contributed by atoms with van der Waals surface area (Å²) in [5, 5.41) is 14.0. The Kier molecular flexibility index (Phi) is 13.6. The Morgan fingerprint density at radius 1 is 0.931 bits per heavy atom. The summed E-state index contributed by atoms with van der Waals surface area (Å²) in [7, 11) is 0. The Hall–Kier alpha value is -2.11. The highest BCUT2D eigenvalue weighted by molar-refractivity contribution is 5.97. The van der Waals surface area contributed by atoms with Crippen LogP contribution in [0.15, 0.2) is 18.2 Å². The van der Waals surface area contributed by atoms with Crippen molar-refractivity contribution in [2.75, 3.05) is 13.2 Å². The zero-order chi connectivity index (χ0) is 21.3. The summed E-state index contributed by atoms with van der Waals surface area (Å²) in [4.78, 5) is 23.2. The maximum atomic E-state index is 12.6. The predicted octanol–water partition coefficient (Wildman–Crippen LogP) is 6.42. The first kappa shape index (κ1) is 24.9. The molecule has 0 atom stereocenters. The zero-order valence-electron chi connectivity index (χ0n) is 18.2. The molecule has 0 fully saturated rings. The molecule has 0 saturated carbocycles. The minimum Gasteiger partial charge on any atom is -0.493 e. The fourth-order valence-electron chi connectivity index (χ4n) is 3.20. The van der Waals surface area contributed by atoms with Crippen LogP contribution in [0.2, 0.25) is 0 Å². The number of benzene rings is 1. The molecule has 0 aromatic heterocycles. The minimum atomic E-state index is -0.484. The van der Waals surface area contributed by atoms with Gasteiger partial charge in [0.15, 0.2) is 0 Å². The van der Waals surface area contributed by atoms with Crippen LogP contribution in [0.4, 0.5) is 5.69 Å². The van der Waals surface area contributed by atoms with Crippen molar-refractivity contribution in [2.45, 2.75) is 90.9 Å². The van der Waals surface area contributed by atoms with E-state index in [0.29, 0.717) is 18.9 Å². The maximum Gasteiger partial charge on any atom is 0.270 e. The Morgan fingerprint density at radius 3 is 2.14 bits per heavy atom. The number of nitro benzene ring substituents is 1. The number of unbranched alkanes of at least 4 members (excludes halogenated alkanes) is 10. The average Bonchev–Trinajstić information content (AvgIpc) is 2.72.